The van der Waals surface area contributed by atoms with Crippen molar-refractivity contribution in [3.63, 3.8) is 0 Å². The molecule has 1 heterocycles. The number of methoxy groups -OCH3 is 1. The van der Waals surface area contributed by atoms with Gasteiger partial charge in [-0.3, -0.25) is 9.78 Å². The number of ether oxygens (including phenoxy) is 1. The second-order valence-corrected chi connectivity index (χ2v) is 4.68. The number of anilines is 1. The minimum atomic E-state index is -0.413. The summed E-state index contributed by atoms with van der Waals surface area (Å²) >= 11 is 0. The average Bonchev–Trinajstić information content (AvgIpc) is 2.53. The molecule has 2 aromatic carbocycles. The maximum atomic E-state index is 13.2. The van der Waals surface area contributed by atoms with Crippen LogP contribution in [0.1, 0.15) is 10.4 Å². The molecular formula is C17H13FN2O2. The fourth-order valence-corrected chi connectivity index (χ4v) is 2.27. The van der Waals surface area contributed by atoms with Crippen molar-refractivity contribution in [3.05, 3.63) is 66.1 Å². The van der Waals surface area contributed by atoms with E-state index in [1.807, 2.05) is 18.2 Å². The Bertz CT molecular complexity index is 849. The minimum absolute atomic E-state index is 0.368. The highest BCUT2D eigenvalue weighted by Gasteiger charge is 2.17. The summed E-state index contributed by atoms with van der Waals surface area (Å²) in [6.45, 7) is 0. The van der Waals surface area contributed by atoms with E-state index in [2.05, 4.69) is 10.3 Å². The van der Waals surface area contributed by atoms with E-state index in [0.717, 1.165) is 0 Å². The number of nitrogens with one attached hydrogen (secondary N) is 1. The second kappa shape index (κ2) is 5.81. The van der Waals surface area contributed by atoms with Gasteiger partial charge in [-0.15, -0.1) is 0 Å². The third-order valence-corrected chi connectivity index (χ3v) is 3.27. The van der Waals surface area contributed by atoms with Crippen molar-refractivity contribution in [2.75, 3.05) is 12.4 Å². The molecule has 5 heteroatoms. The number of halogens is 1. The summed E-state index contributed by atoms with van der Waals surface area (Å²) in [5, 5.41) is 3.36. The van der Waals surface area contributed by atoms with Crippen LogP contribution in [0.25, 0.3) is 10.9 Å². The number of aromatic nitrogens is 1. The summed E-state index contributed by atoms with van der Waals surface area (Å²) in [7, 11) is 1.48. The van der Waals surface area contributed by atoms with Gasteiger partial charge in [-0.1, -0.05) is 24.3 Å². The number of carbonyl (C=O) groups is 1. The molecule has 0 spiro atoms. The molecule has 1 amide bonds. The summed E-state index contributed by atoms with van der Waals surface area (Å²) in [6, 6.07) is 13.0. The summed E-state index contributed by atoms with van der Waals surface area (Å²) in [6.07, 6.45) is 1.50. The number of rotatable bonds is 3. The van der Waals surface area contributed by atoms with Crippen LogP contribution in [0.2, 0.25) is 0 Å². The zero-order valence-corrected chi connectivity index (χ0v) is 11.8. The molecule has 0 aliphatic carbocycles. The zero-order chi connectivity index (χ0) is 15.5. The van der Waals surface area contributed by atoms with Crippen molar-refractivity contribution in [1.29, 1.82) is 0 Å². The predicted octanol–water partition coefficient (Wildman–Crippen LogP) is 3.63. The lowest BCUT2D eigenvalue weighted by molar-refractivity contribution is 0.102. The summed E-state index contributed by atoms with van der Waals surface area (Å²) in [5.74, 6) is -0.419. The van der Waals surface area contributed by atoms with Gasteiger partial charge >= 0.3 is 0 Å². The van der Waals surface area contributed by atoms with Gasteiger partial charge in [0.05, 0.1) is 24.4 Å². The number of benzene rings is 2. The van der Waals surface area contributed by atoms with Crippen LogP contribution in [0.15, 0.2) is 54.7 Å². The fraction of sp³-hybridized carbons (Fsp3) is 0.0588. The van der Waals surface area contributed by atoms with E-state index >= 15 is 0 Å². The quantitative estimate of drug-likeness (QED) is 0.803. The van der Waals surface area contributed by atoms with Crippen LogP contribution in [0.4, 0.5) is 10.1 Å². The first-order chi connectivity index (χ1) is 10.7. The van der Waals surface area contributed by atoms with Gasteiger partial charge in [-0.25, -0.2) is 4.39 Å². The summed E-state index contributed by atoms with van der Waals surface area (Å²) in [5.41, 5.74) is 1.44. The van der Waals surface area contributed by atoms with Crippen LogP contribution in [0.5, 0.6) is 5.75 Å². The molecule has 0 saturated heterocycles. The molecule has 0 bridgehead atoms. The molecule has 0 atom stereocenters. The van der Waals surface area contributed by atoms with Crippen molar-refractivity contribution >= 4 is 22.5 Å². The largest absolute Gasteiger partial charge is 0.494 e. The van der Waals surface area contributed by atoms with E-state index in [1.54, 1.807) is 12.1 Å². The molecule has 0 unspecified atom stereocenters. The molecule has 0 aliphatic rings. The lowest BCUT2D eigenvalue weighted by Crippen LogP contribution is -2.14. The van der Waals surface area contributed by atoms with E-state index < -0.39 is 5.82 Å². The van der Waals surface area contributed by atoms with Gasteiger partial charge in [-0.05, 0) is 24.3 Å². The molecule has 3 rings (SSSR count). The van der Waals surface area contributed by atoms with E-state index in [4.69, 9.17) is 4.74 Å². The number of hydrogen-bond acceptors (Lipinski definition) is 3. The maximum Gasteiger partial charge on any atom is 0.260 e. The highest BCUT2D eigenvalue weighted by molar-refractivity contribution is 6.14. The van der Waals surface area contributed by atoms with Gasteiger partial charge in [0.15, 0.2) is 5.75 Å². The van der Waals surface area contributed by atoms with Crippen LogP contribution < -0.4 is 10.1 Å². The Hall–Kier alpha value is -2.95. The number of fused-ring (bicyclic) bond motifs is 1. The minimum Gasteiger partial charge on any atom is -0.494 e. The van der Waals surface area contributed by atoms with Crippen LogP contribution in [-0.2, 0) is 0 Å². The Kier molecular flexibility index (Phi) is 3.70. The average molecular weight is 296 g/mol. The Morgan fingerprint density at radius 3 is 2.77 bits per heavy atom. The summed E-state index contributed by atoms with van der Waals surface area (Å²) in [4.78, 5) is 16.8. The number of nitrogens with zero attached hydrogens (tertiary/aromatic N) is 1. The lowest BCUT2D eigenvalue weighted by Gasteiger charge is -2.11. The van der Waals surface area contributed by atoms with E-state index in [9.17, 15) is 9.18 Å². The Morgan fingerprint density at radius 2 is 2.00 bits per heavy atom. The summed E-state index contributed by atoms with van der Waals surface area (Å²) < 4.78 is 18.5. The monoisotopic (exact) mass is 296 g/mol. The van der Waals surface area contributed by atoms with Crippen LogP contribution in [-0.4, -0.2) is 18.0 Å². The predicted molar refractivity (Wildman–Crippen MR) is 82.6 cm³/mol. The first-order valence-corrected chi connectivity index (χ1v) is 6.67. The van der Waals surface area contributed by atoms with Gasteiger partial charge in [0.1, 0.15) is 5.82 Å². The highest BCUT2D eigenvalue weighted by atomic mass is 19.1. The van der Waals surface area contributed by atoms with E-state index in [1.165, 1.54) is 31.5 Å². The lowest BCUT2D eigenvalue weighted by atomic mass is 10.1. The van der Waals surface area contributed by atoms with E-state index in [-0.39, 0.29) is 5.91 Å². The third-order valence-electron chi connectivity index (χ3n) is 3.27. The topological polar surface area (TPSA) is 51.2 Å². The van der Waals surface area contributed by atoms with Crippen molar-refractivity contribution in [3.8, 4) is 5.75 Å². The fourth-order valence-electron chi connectivity index (χ4n) is 2.27. The Labute approximate surface area is 126 Å². The number of pyridine rings is 1. The van der Waals surface area contributed by atoms with Gasteiger partial charge in [0.2, 0.25) is 0 Å². The molecule has 0 fully saturated rings. The Balaban J connectivity index is 2.06. The molecule has 0 radical (unpaired) electrons. The SMILES string of the molecule is COc1cnc2ccccc2c1C(=O)Nc1cccc(F)c1. The molecule has 0 saturated carbocycles. The molecule has 3 aromatic rings. The molecule has 22 heavy (non-hydrogen) atoms. The van der Waals surface area contributed by atoms with Gasteiger partial charge in [-0.2, -0.15) is 0 Å². The van der Waals surface area contributed by atoms with Gasteiger partial charge in [0.25, 0.3) is 5.91 Å². The van der Waals surface area contributed by atoms with Crippen LogP contribution in [0.3, 0.4) is 0 Å². The number of para-hydroxylation sites is 1. The van der Waals surface area contributed by atoms with Crippen LogP contribution >= 0.6 is 0 Å². The maximum absolute atomic E-state index is 13.2. The number of hydrogen-bond donors (Lipinski definition) is 1. The van der Waals surface area contributed by atoms with Crippen molar-refractivity contribution < 1.29 is 13.9 Å². The standard InChI is InChI=1S/C17H13FN2O2/c1-22-15-10-19-14-8-3-2-7-13(14)16(15)17(21)20-12-6-4-5-11(18)9-12/h2-10H,1H3,(H,20,21). The van der Waals surface area contributed by atoms with Gasteiger partial charge < -0.3 is 10.1 Å². The molecule has 0 aliphatic heterocycles. The molecule has 1 N–H and O–H groups in total. The normalized spacial score (nSPS) is 10.5. The molecule has 4 nitrogen and oxygen atoms in total. The Morgan fingerprint density at radius 1 is 1.18 bits per heavy atom. The first kappa shape index (κ1) is 14.0. The number of amides is 1. The molecule has 110 valence electrons. The smallest absolute Gasteiger partial charge is 0.260 e. The van der Waals surface area contributed by atoms with Gasteiger partial charge in [0, 0.05) is 11.1 Å². The molecular weight excluding hydrogens is 283 g/mol. The van der Waals surface area contributed by atoms with Crippen molar-refractivity contribution in [2.45, 2.75) is 0 Å². The third kappa shape index (κ3) is 2.61. The van der Waals surface area contributed by atoms with E-state index in [0.29, 0.717) is 27.9 Å². The van der Waals surface area contributed by atoms with Crippen molar-refractivity contribution in [2.24, 2.45) is 0 Å². The highest BCUT2D eigenvalue weighted by Crippen LogP contribution is 2.27. The van der Waals surface area contributed by atoms with Crippen LogP contribution in [0, 0.1) is 5.82 Å². The van der Waals surface area contributed by atoms with Crippen molar-refractivity contribution in [1.82, 2.24) is 4.98 Å². The second-order valence-electron chi connectivity index (χ2n) is 4.68. The first-order valence-electron chi connectivity index (χ1n) is 6.67. The molecule has 1 aromatic heterocycles. The number of carbonyl (C=O) groups excluding carboxylic acids is 1. The zero-order valence-electron chi connectivity index (χ0n) is 11.8.